The molecule has 0 bridgehead atoms. The van der Waals surface area contributed by atoms with Crippen molar-refractivity contribution in [2.45, 2.75) is 31.6 Å². The van der Waals surface area contributed by atoms with Gasteiger partial charge in [0.25, 0.3) is 0 Å². The number of aliphatic hydroxyl groups is 1. The number of benzene rings is 2. The van der Waals surface area contributed by atoms with Crippen LogP contribution in [0.3, 0.4) is 0 Å². The molecule has 232 valence electrons. The SMILES string of the molecule is C=CC=C.C=O.CO.O=C(/C=C/c1cc(F)c(F)c(F)c1)N1CCC(CN2CCC(c3c[nH]c4ccccc34)CC2)CC1. The fraction of sp³-hybridized carbons (Fsp3) is 0.353. The first-order valence-electron chi connectivity index (χ1n) is 14.3. The van der Waals surface area contributed by atoms with E-state index in [9.17, 15) is 18.0 Å². The van der Waals surface area contributed by atoms with Crippen molar-refractivity contribution in [2.24, 2.45) is 5.92 Å². The molecule has 1 aromatic heterocycles. The van der Waals surface area contributed by atoms with Crippen molar-refractivity contribution in [3.8, 4) is 0 Å². The minimum absolute atomic E-state index is 0.126. The molecule has 6 nitrogen and oxygen atoms in total. The van der Waals surface area contributed by atoms with E-state index in [1.807, 2.05) is 6.79 Å². The molecule has 43 heavy (non-hydrogen) atoms. The number of amides is 1. The van der Waals surface area contributed by atoms with Gasteiger partial charge in [0.15, 0.2) is 17.5 Å². The highest BCUT2D eigenvalue weighted by molar-refractivity contribution is 5.91. The van der Waals surface area contributed by atoms with Crippen molar-refractivity contribution >= 4 is 29.7 Å². The standard InChI is InChI=1S/C28H30F3N3O.C4H6.CH4O.CH2O/c29-24-15-20(16-25(30)28(24)31)5-6-27(35)34-13-7-19(8-14-34)18-33-11-9-21(10-12-33)23-17-32-26-4-2-1-3-22(23)26;1-3-4-2;2*1-2/h1-6,15-17,19,21,32H,7-14,18H2;3-4H,1-2H2;2H,1H3;1H2/b6-5+;;;. The van der Waals surface area contributed by atoms with Gasteiger partial charge < -0.3 is 24.7 Å². The number of likely N-dealkylation sites (tertiary alicyclic amines) is 2. The highest BCUT2D eigenvalue weighted by atomic mass is 19.2. The second kappa shape index (κ2) is 18.6. The first-order chi connectivity index (χ1) is 20.9. The fourth-order valence-electron chi connectivity index (χ4n) is 5.50. The Morgan fingerprint density at radius 1 is 0.953 bits per heavy atom. The maximum atomic E-state index is 13.4. The third-order valence-electron chi connectivity index (χ3n) is 7.68. The quantitative estimate of drug-likeness (QED) is 0.193. The van der Waals surface area contributed by atoms with E-state index in [2.05, 4.69) is 53.5 Å². The number of fused-ring (bicyclic) bond motifs is 1. The van der Waals surface area contributed by atoms with Crippen LogP contribution in [0.4, 0.5) is 13.2 Å². The number of piperidine rings is 2. The molecule has 2 fully saturated rings. The third-order valence-corrected chi connectivity index (χ3v) is 7.68. The average Bonchev–Trinajstić information content (AvgIpc) is 3.49. The van der Waals surface area contributed by atoms with Crippen LogP contribution in [0.2, 0.25) is 0 Å². The fourth-order valence-corrected chi connectivity index (χ4v) is 5.50. The molecule has 9 heteroatoms. The number of hydrogen-bond donors (Lipinski definition) is 2. The zero-order chi connectivity index (χ0) is 31.8. The van der Waals surface area contributed by atoms with E-state index in [-0.39, 0.29) is 11.5 Å². The second-order valence-corrected chi connectivity index (χ2v) is 10.2. The van der Waals surface area contributed by atoms with Crippen LogP contribution in [0.5, 0.6) is 0 Å². The molecule has 2 aliphatic heterocycles. The van der Waals surface area contributed by atoms with E-state index in [1.54, 1.807) is 17.1 Å². The van der Waals surface area contributed by atoms with E-state index in [0.717, 1.165) is 64.6 Å². The van der Waals surface area contributed by atoms with Gasteiger partial charge in [0.2, 0.25) is 5.91 Å². The summed E-state index contributed by atoms with van der Waals surface area (Å²) in [6, 6.07) is 10.3. The molecule has 2 saturated heterocycles. The Morgan fingerprint density at radius 2 is 1.53 bits per heavy atom. The predicted octanol–water partition coefficient (Wildman–Crippen LogP) is 6.50. The summed E-state index contributed by atoms with van der Waals surface area (Å²) < 4.78 is 39.8. The normalized spacial score (nSPS) is 15.9. The average molecular weight is 598 g/mol. The summed E-state index contributed by atoms with van der Waals surface area (Å²) in [6.45, 7) is 13.3. The highest BCUT2D eigenvalue weighted by Gasteiger charge is 2.27. The number of aliphatic hydroxyl groups excluding tert-OH is 1. The van der Waals surface area contributed by atoms with Gasteiger partial charge in [-0.3, -0.25) is 4.79 Å². The summed E-state index contributed by atoms with van der Waals surface area (Å²) in [7, 11) is 1.00. The number of halogens is 3. The molecule has 0 aliphatic carbocycles. The number of aromatic nitrogens is 1. The summed E-state index contributed by atoms with van der Waals surface area (Å²) in [6.07, 6.45) is 12.3. The van der Waals surface area contributed by atoms with Crippen molar-refractivity contribution in [3.63, 3.8) is 0 Å². The zero-order valence-electron chi connectivity index (χ0n) is 24.8. The lowest BCUT2D eigenvalue weighted by molar-refractivity contribution is -0.127. The van der Waals surface area contributed by atoms with Gasteiger partial charge in [-0.2, -0.15) is 0 Å². The van der Waals surface area contributed by atoms with Gasteiger partial charge in [0, 0.05) is 49.9 Å². The molecule has 0 saturated carbocycles. The van der Waals surface area contributed by atoms with E-state index < -0.39 is 17.5 Å². The van der Waals surface area contributed by atoms with Crippen LogP contribution < -0.4 is 0 Å². The van der Waals surface area contributed by atoms with Crippen LogP contribution in [0.15, 0.2) is 74.0 Å². The van der Waals surface area contributed by atoms with Crippen molar-refractivity contribution in [1.82, 2.24) is 14.8 Å². The van der Waals surface area contributed by atoms with Crippen LogP contribution in [-0.4, -0.2) is 72.4 Å². The Kier molecular flexibility index (Phi) is 15.2. The number of hydrogen-bond acceptors (Lipinski definition) is 4. The van der Waals surface area contributed by atoms with E-state index >= 15 is 0 Å². The lowest BCUT2D eigenvalue weighted by Crippen LogP contribution is -2.42. The maximum Gasteiger partial charge on any atom is 0.246 e. The topological polar surface area (TPSA) is 76.6 Å². The van der Waals surface area contributed by atoms with Gasteiger partial charge in [-0.05, 0) is 86.0 Å². The number of para-hydroxylation sites is 1. The molecule has 5 rings (SSSR count). The molecule has 2 N–H and O–H groups in total. The van der Waals surface area contributed by atoms with Crippen LogP contribution in [0.1, 0.15) is 42.7 Å². The monoisotopic (exact) mass is 597 g/mol. The van der Waals surface area contributed by atoms with Crippen molar-refractivity contribution in [3.05, 3.63) is 103 Å². The first kappa shape index (κ1) is 35.2. The molecule has 3 aromatic rings. The number of H-pyrrole nitrogens is 1. The molecule has 1 amide bonds. The number of aromatic amines is 1. The number of carbonyl (C=O) groups excluding carboxylic acids is 2. The lowest BCUT2D eigenvalue weighted by atomic mass is 9.88. The highest BCUT2D eigenvalue weighted by Crippen LogP contribution is 2.33. The van der Waals surface area contributed by atoms with Gasteiger partial charge >= 0.3 is 0 Å². The Bertz CT molecular complexity index is 1310. The van der Waals surface area contributed by atoms with E-state index in [4.69, 9.17) is 9.90 Å². The van der Waals surface area contributed by atoms with Crippen molar-refractivity contribution in [1.29, 1.82) is 0 Å². The summed E-state index contributed by atoms with van der Waals surface area (Å²) in [5.74, 6) is -3.05. The van der Waals surface area contributed by atoms with Crippen LogP contribution in [0, 0.1) is 23.4 Å². The molecule has 0 radical (unpaired) electrons. The summed E-state index contributed by atoms with van der Waals surface area (Å²) >= 11 is 0. The van der Waals surface area contributed by atoms with Gasteiger partial charge in [0.1, 0.15) is 6.79 Å². The number of nitrogens with one attached hydrogen (secondary N) is 1. The molecule has 0 atom stereocenters. The Labute approximate surface area is 252 Å². The minimum atomic E-state index is -1.50. The van der Waals surface area contributed by atoms with E-state index in [0.29, 0.717) is 24.9 Å². The number of allylic oxidation sites excluding steroid dienone is 2. The Hall–Kier alpha value is -3.95. The Morgan fingerprint density at radius 3 is 2.12 bits per heavy atom. The lowest BCUT2D eigenvalue weighted by Gasteiger charge is -2.37. The molecule has 2 aromatic carbocycles. The maximum absolute atomic E-state index is 13.4. The molecular formula is C34H42F3N3O3. The summed E-state index contributed by atoms with van der Waals surface area (Å²) in [4.78, 5) is 28.2. The van der Waals surface area contributed by atoms with Gasteiger partial charge in [-0.25, -0.2) is 13.2 Å². The molecule has 2 aliphatic rings. The predicted molar refractivity (Wildman–Crippen MR) is 167 cm³/mol. The van der Waals surface area contributed by atoms with Crippen LogP contribution >= 0.6 is 0 Å². The summed E-state index contributed by atoms with van der Waals surface area (Å²) in [5, 5.41) is 8.34. The van der Waals surface area contributed by atoms with Gasteiger partial charge in [-0.15, -0.1) is 0 Å². The molecule has 3 heterocycles. The molecule has 0 unspecified atom stereocenters. The number of carbonyl (C=O) groups is 2. The van der Waals surface area contributed by atoms with E-state index in [1.165, 1.54) is 28.6 Å². The third kappa shape index (κ3) is 10.1. The summed E-state index contributed by atoms with van der Waals surface area (Å²) in [5.41, 5.74) is 2.77. The Balaban J connectivity index is 0.000000733. The number of nitrogens with zero attached hydrogens (tertiary/aromatic N) is 2. The van der Waals surface area contributed by atoms with Gasteiger partial charge in [0.05, 0.1) is 0 Å². The minimum Gasteiger partial charge on any atom is -0.400 e. The van der Waals surface area contributed by atoms with Crippen molar-refractivity contribution in [2.75, 3.05) is 39.8 Å². The van der Waals surface area contributed by atoms with Crippen molar-refractivity contribution < 1.29 is 27.9 Å². The molecule has 0 spiro atoms. The number of rotatable bonds is 6. The zero-order valence-corrected chi connectivity index (χ0v) is 24.8. The smallest absolute Gasteiger partial charge is 0.246 e. The van der Waals surface area contributed by atoms with Gasteiger partial charge in [-0.1, -0.05) is 43.5 Å². The first-order valence-corrected chi connectivity index (χ1v) is 14.3. The largest absolute Gasteiger partial charge is 0.400 e. The second-order valence-electron chi connectivity index (χ2n) is 10.2. The van der Waals surface area contributed by atoms with Crippen LogP contribution in [-0.2, 0) is 9.59 Å². The van der Waals surface area contributed by atoms with Crippen LogP contribution in [0.25, 0.3) is 17.0 Å². The molecular weight excluding hydrogens is 555 g/mol.